The first-order chi connectivity index (χ1) is 9.67. The molecule has 0 saturated carbocycles. The third-order valence-electron chi connectivity index (χ3n) is 3.24. The van der Waals surface area contributed by atoms with Gasteiger partial charge in [0.15, 0.2) is 0 Å². The van der Waals surface area contributed by atoms with Crippen molar-refractivity contribution in [2.75, 3.05) is 6.54 Å². The maximum atomic E-state index is 6.06. The summed E-state index contributed by atoms with van der Waals surface area (Å²) < 4.78 is 1.13. The Bertz CT molecular complexity index is 509. The Balaban J connectivity index is 2.07. The molecule has 0 aliphatic rings. The maximum absolute atomic E-state index is 6.06. The van der Waals surface area contributed by atoms with Crippen LogP contribution in [0.3, 0.4) is 0 Å². The fourth-order valence-corrected chi connectivity index (χ4v) is 3.06. The van der Waals surface area contributed by atoms with E-state index in [0.717, 1.165) is 28.9 Å². The highest BCUT2D eigenvalue weighted by Gasteiger charge is 2.10. The molecule has 0 fully saturated rings. The van der Waals surface area contributed by atoms with E-state index in [-0.39, 0.29) is 0 Å². The van der Waals surface area contributed by atoms with E-state index in [1.807, 2.05) is 18.2 Å². The molecular formula is C17H19BrClN. The summed E-state index contributed by atoms with van der Waals surface area (Å²) >= 11 is 9.59. The summed E-state index contributed by atoms with van der Waals surface area (Å²) in [5.41, 5.74) is 2.62. The van der Waals surface area contributed by atoms with Gasteiger partial charge in [0.05, 0.1) is 0 Å². The van der Waals surface area contributed by atoms with Crippen molar-refractivity contribution in [1.82, 2.24) is 5.32 Å². The summed E-state index contributed by atoms with van der Waals surface area (Å²) in [5, 5.41) is 4.37. The molecule has 0 saturated heterocycles. The van der Waals surface area contributed by atoms with Crippen LogP contribution in [0, 0.1) is 0 Å². The number of benzene rings is 2. The minimum Gasteiger partial charge on any atom is -0.314 e. The Morgan fingerprint density at radius 2 is 1.70 bits per heavy atom. The summed E-state index contributed by atoms with van der Waals surface area (Å²) in [6.45, 7) is 3.12. The molecule has 106 valence electrons. The van der Waals surface area contributed by atoms with Gasteiger partial charge in [0.1, 0.15) is 0 Å². The first-order valence-electron chi connectivity index (χ1n) is 6.89. The monoisotopic (exact) mass is 351 g/mol. The normalized spacial score (nSPS) is 12.3. The fourth-order valence-electron chi connectivity index (χ4n) is 2.40. The smallest absolute Gasteiger partial charge is 0.0408 e. The van der Waals surface area contributed by atoms with Crippen LogP contribution in [0.1, 0.15) is 18.1 Å². The molecule has 1 unspecified atom stereocenters. The van der Waals surface area contributed by atoms with Crippen molar-refractivity contribution in [3.05, 3.63) is 69.2 Å². The zero-order valence-corrected chi connectivity index (χ0v) is 13.9. The van der Waals surface area contributed by atoms with Gasteiger partial charge in [0.25, 0.3) is 0 Å². The molecule has 2 aromatic rings. The number of hydrogen-bond acceptors (Lipinski definition) is 1. The van der Waals surface area contributed by atoms with Crippen LogP contribution in [-0.4, -0.2) is 12.6 Å². The molecule has 0 bridgehead atoms. The predicted molar refractivity (Wildman–Crippen MR) is 90.5 cm³/mol. The topological polar surface area (TPSA) is 12.0 Å². The lowest BCUT2D eigenvalue weighted by Gasteiger charge is -2.18. The average molecular weight is 353 g/mol. The van der Waals surface area contributed by atoms with Crippen molar-refractivity contribution in [2.24, 2.45) is 0 Å². The van der Waals surface area contributed by atoms with Crippen molar-refractivity contribution >= 4 is 27.5 Å². The number of likely N-dealkylation sites (N-methyl/N-ethyl adjacent to an activating group) is 1. The van der Waals surface area contributed by atoms with Gasteiger partial charge in [-0.3, -0.25) is 0 Å². The SMILES string of the molecule is CCNC(Cc1cccc(Cl)c1)Cc1cccc(Br)c1. The highest BCUT2D eigenvalue weighted by atomic mass is 79.9. The van der Waals surface area contributed by atoms with Gasteiger partial charge in [0.2, 0.25) is 0 Å². The van der Waals surface area contributed by atoms with E-state index in [9.17, 15) is 0 Å². The first kappa shape index (κ1) is 15.6. The lowest BCUT2D eigenvalue weighted by Crippen LogP contribution is -2.33. The summed E-state index contributed by atoms with van der Waals surface area (Å²) in [6.07, 6.45) is 2.00. The molecule has 0 aliphatic carbocycles. The van der Waals surface area contributed by atoms with Crippen LogP contribution < -0.4 is 5.32 Å². The number of hydrogen-bond donors (Lipinski definition) is 1. The van der Waals surface area contributed by atoms with Crippen LogP contribution in [0.25, 0.3) is 0 Å². The zero-order valence-electron chi connectivity index (χ0n) is 11.6. The van der Waals surface area contributed by atoms with E-state index >= 15 is 0 Å². The van der Waals surface area contributed by atoms with Gasteiger partial charge in [-0.25, -0.2) is 0 Å². The van der Waals surface area contributed by atoms with E-state index in [1.165, 1.54) is 11.1 Å². The zero-order chi connectivity index (χ0) is 14.4. The van der Waals surface area contributed by atoms with Crippen molar-refractivity contribution in [1.29, 1.82) is 0 Å². The molecule has 2 rings (SSSR count). The largest absolute Gasteiger partial charge is 0.314 e. The lowest BCUT2D eigenvalue weighted by atomic mass is 9.99. The summed E-state index contributed by atoms with van der Waals surface area (Å²) in [7, 11) is 0. The van der Waals surface area contributed by atoms with Crippen LogP contribution in [0.4, 0.5) is 0 Å². The van der Waals surface area contributed by atoms with Crippen molar-refractivity contribution in [3.8, 4) is 0 Å². The third-order valence-corrected chi connectivity index (χ3v) is 3.96. The second-order valence-electron chi connectivity index (χ2n) is 4.92. The Morgan fingerprint density at radius 1 is 1.05 bits per heavy atom. The predicted octanol–water partition coefficient (Wildman–Crippen LogP) is 4.87. The van der Waals surface area contributed by atoms with Crippen LogP contribution in [0.5, 0.6) is 0 Å². The van der Waals surface area contributed by atoms with Gasteiger partial charge in [-0.1, -0.05) is 58.7 Å². The second kappa shape index (κ2) is 7.82. The maximum Gasteiger partial charge on any atom is 0.0408 e. The van der Waals surface area contributed by atoms with Crippen molar-refractivity contribution in [2.45, 2.75) is 25.8 Å². The molecule has 0 spiro atoms. The Hall–Kier alpha value is -0.830. The number of nitrogens with one attached hydrogen (secondary N) is 1. The van der Waals surface area contributed by atoms with Crippen LogP contribution in [0.15, 0.2) is 53.0 Å². The van der Waals surface area contributed by atoms with Gasteiger partial charge in [-0.05, 0) is 54.8 Å². The van der Waals surface area contributed by atoms with Gasteiger partial charge < -0.3 is 5.32 Å². The van der Waals surface area contributed by atoms with Crippen molar-refractivity contribution < 1.29 is 0 Å². The quantitative estimate of drug-likeness (QED) is 0.782. The van der Waals surface area contributed by atoms with Gasteiger partial charge in [-0.2, -0.15) is 0 Å². The Morgan fingerprint density at radius 3 is 2.30 bits per heavy atom. The molecule has 1 N–H and O–H groups in total. The van der Waals surface area contributed by atoms with E-state index in [2.05, 4.69) is 58.5 Å². The molecule has 0 amide bonds. The van der Waals surface area contributed by atoms with Gasteiger partial charge >= 0.3 is 0 Å². The standard InChI is InChI=1S/C17H19BrClN/c1-2-20-17(11-13-5-3-7-15(18)9-13)12-14-6-4-8-16(19)10-14/h3-10,17,20H,2,11-12H2,1H3. The fraction of sp³-hybridized carbons (Fsp3) is 0.294. The molecule has 2 aromatic carbocycles. The first-order valence-corrected chi connectivity index (χ1v) is 8.06. The average Bonchev–Trinajstić information content (AvgIpc) is 2.39. The molecule has 1 nitrogen and oxygen atoms in total. The number of halogens is 2. The summed E-state index contributed by atoms with van der Waals surface area (Å²) in [6, 6.07) is 17.0. The van der Waals surface area contributed by atoms with Crippen molar-refractivity contribution in [3.63, 3.8) is 0 Å². The van der Waals surface area contributed by atoms with E-state index < -0.39 is 0 Å². The molecule has 0 aromatic heterocycles. The van der Waals surface area contributed by atoms with Gasteiger partial charge in [0, 0.05) is 15.5 Å². The minimum absolute atomic E-state index is 0.424. The molecule has 20 heavy (non-hydrogen) atoms. The second-order valence-corrected chi connectivity index (χ2v) is 6.27. The highest BCUT2D eigenvalue weighted by molar-refractivity contribution is 9.10. The molecule has 1 atom stereocenters. The van der Waals surface area contributed by atoms with E-state index in [0.29, 0.717) is 6.04 Å². The Labute approximate surface area is 134 Å². The molecule has 0 aliphatic heterocycles. The minimum atomic E-state index is 0.424. The molecule has 3 heteroatoms. The summed E-state index contributed by atoms with van der Waals surface area (Å²) in [5.74, 6) is 0. The Kier molecular flexibility index (Phi) is 6.08. The lowest BCUT2D eigenvalue weighted by molar-refractivity contribution is 0.521. The third kappa shape index (κ3) is 4.93. The summed E-state index contributed by atoms with van der Waals surface area (Å²) in [4.78, 5) is 0. The molecular weight excluding hydrogens is 334 g/mol. The van der Waals surface area contributed by atoms with Gasteiger partial charge in [-0.15, -0.1) is 0 Å². The number of rotatable bonds is 6. The van der Waals surface area contributed by atoms with Crippen LogP contribution >= 0.6 is 27.5 Å². The van der Waals surface area contributed by atoms with Crippen LogP contribution in [0.2, 0.25) is 5.02 Å². The van der Waals surface area contributed by atoms with Crippen LogP contribution in [-0.2, 0) is 12.8 Å². The van der Waals surface area contributed by atoms with E-state index in [4.69, 9.17) is 11.6 Å². The highest BCUT2D eigenvalue weighted by Crippen LogP contribution is 2.16. The molecule has 0 heterocycles. The molecule has 0 radical (unpaired) electrons. The van der Waals surface area contributed by atoms with E-state index in [1.54, 1.807) is 0 Å².